The van der Waals surface area contributed by atoms with Crippen LogP contribution in [0.3, 0.4) is 0 Å². The molecule has 0 bridgehead atoms. The van der Waals surface area contributed by atoms with Gasteiger partial charge >= 0.3 is 0 Å². The number of ether oxygens (including phenoxy) is 1. The summed E-state index contributed by atoms with van der Waals surface area (Å²) >= 11 is 0. The molecule has 0 saturated carbocycles. The number of piperidine rings is 1. The molecule has 0 atom stereocenters. The summed E-state index contributed by atoms with van der Waals surface area (Å²) in [6.07, 6.45) is 5.60. The lowest BCUT2D eigenvalue weighted by Crippen LogP contribution is -2.44. The van der Waals surface area contributed by atoms with E-state index in [0.29, 0.717) is 11.9 Å². The minimum absolute atomic E-state index is 0.0914. The molecule has 6 nitrogen and oxygen atoms in total. The molecule has 1 saturated heterocycles. The first kappa shape index (κ1) is 16.0. The van der Waals surface area contributed by atoms with Crippen molar-refractivity contribution >= 4 is 5.82 Å². The topological polar surface area (TPSA) is 61.7 Å². The molecule has 0 aromatic carbocycles. The number of likely N-dealkylation sites (N-methyl/N-ethyl adjacent to an activating group) is 1. The van der Waals surface area contributed by atoms with Gasteiger partial charge in [0.2, 0.25) is 0 Å². The van der Waals surface area contributed by atoms with Crippen LogP contribution in [0.4, 0.5) is 5.82 Å². The Morgan fingerprint density at radius 3 is 2.62 bits per heavy atom. The second-order valence-corrected chi connectivity index (χ2v) is 5.77. The lowest BCUT2D eigenvalue weighted by Gasteiger charge is -2.37. The van der Waals surface area contributed by atoms with Gasteiger partial charge in [0.1, 0.15) is 0 Å². The Hall–Kier alpha value is -1.40. The van der Waals surface area contributed by atoms with Gasteiger partial charge in [0.05, 0.1) is 12.7 Å². The van der Waals surface area contributed by atoms with Crippen LogP contribution in [0.2, 0.25) is 0 Å². The molecule has 21 heavy (non-hydrogen) atoms. The predicted molar refractivity (Wildman–Crippen MR) is 82.7 cm³/mol. The molecule has 0 spiro atoms. The number of hydrogen-bond donors (Lipinski definition) is 1. The second kappa shape index (κ2) is 7.56. The van der Waals surface area contributed by atoms with Gasteiger partial charge < -0.3 is 19.6 Å². The summed E-state index contributed by atoms with van der Waals surface area (Å²) in [7, 11) is 2.08. The first-order valence-electron chi connectivity index (χ1n) is 7.65. The molecule has 0 radical (unpaired) electrons. The van der Waals surface area contributed by atoms with Crippen molar-refractivity contribution < 1.29 is 9.84 Å². The molecule has 1 aromatic rings. The molecule has 2 rings (SSSR count). The highest BCUT2D eigenvalue weighted by Crippen LogP contribution is 2.27. The molecule has 2 heterocycles. The molecule has 0 amide bonds. The summed E-state index contributed by atoms with van der Waals surface area (Å²) in [4.78, 5) is 13.2. The van der Waals surface area contributed by atoms with Crippen molar-refractivity contribution in [2.45, 2.75) is 38.8 Å². The maximum absolute atomic E-state index is 9.03. The highest BCUT2D eigenvalue weighted by molar-refractivity contribution is 5.48. The van der Waals surface area contributed by atoms with Crippen molar-refractivity contribution in [3.8, 4) is 5.88 Å². The van der Waals surface area contributed by atoms with Crippen LogP contribution in [0.5, 0.6) is 5.88 Å². The summed E-state index contributed by atoms with van der Waals surface area (Å²) in [5, 5.41) is 9.03. The fraction of sp³-hybridized carbons (Fsp3) is 0.733. The van der Waals surface area contributed by atoms with Gasteiger partial charge in [-0.15, -0.1) is 0 Å². The summed E-state index contributed by atoms with van der Waals surface area (Å²) < 4.78 is 5.75. The average molecular weight is 294 g/mol. The molecule has 1 aliphatic heterocycles. The van der Waals surface area contributed by atoms with Crippen molar-refractivity contribution in [2.75, 3.05) is 38.2 Å². The maximum Gasteiger partial charge on any atom is 0.257 e. The van der Waals surface area contributed by atoms with E-state index in [1.807, 2.05) is 13.8 Å². The third-order valence-electron chi connectivity index (χ3n) is 3.83. The van der Waals surface area contributed by atoms with E-state index < -0.39 is 0 Å². The fourth-order valence-electron chi connectivity index (χ4n) is 2.70. The highest BCUT2D eigenvalue weighted by Gasteiger charge is 2.25. The molecule has 1 N–H and O–H groups in total. The standard InChI is InChI=1S/C15H26N4O2/c1-12(2)21-15-14(16-6-7-17-15)19-8-4-13(5-9-19)18(3)10-11-20/h6-7,12-13,20H,4-5,8-11H2,1-3H3. The van der Waals surface area contributed by atoms with Crippen LogP contribution in [0.1, 0.15) is 26.7 Å². The summed E-state index contributed by atoms with van der Waals surface area (Å²) in [5.74, 6) is 1.46. The van der Waals surface area contributed by atoms with Crippen molar-refractivity contribution in [1.82, 2.24) is 14.9 Å². The van der Waals surface area contributed by atoms with Crippen LogP contribution in [-0.4, -0.2) is 65.4 Å². The van der Waals surface area contributed by atoms with Gasteiger partial charge in [0.15, 0.2) is 5.82 Å². The first-order chi connectivity index (χ1) is 10.1. The molecule has 6 heteroatoms. The van der Waals surface area contributed by atoms with Gasteiger partial charge in [-0.2, -0.15) is 0 Å². The minimum atomic E-state index is 0.0914. The third-order valence-corrected chi connectivity index (χ3v) is 3.83. The molecule has 0 aliphatic carbocycles. The Balaban J connectivity index is 1.99. The quantitative estimate of drug-likeness (QED) is 0.849. The normalized spacial score (nSPS) is 16.8. The number of aliphatic hydroxyl groups excluding tert-OH is 1. The number of aliphatic hydroxyl groups is 1. The van der Waals surface area contributed by atoms with Crippen molar-refractivity contribution in [3.05, 3.63) is 12.4 Å². The zero-order chi connectivity index (χ0) is 15.2. The monoisotopic (exact) mass is 294 g/mol. The van der Waals surface area contributed by atoms with E-state index in [1.54, 1.807) is 12.4 Å². The molecular formula is C15H26N4O2. The van der Waals surface area contributed by atoms with Crippen LogP contribution in [-0.2, 0) is 0 Å². The Morgan fingerprint density at radius 1 is 1.33 bits per heavy atom. The third kappa shape index (κ3) is 4.28. The van der Waals surface area contributed by atoms with E-state index >= 15 is 0 Å². The van der Waals surface area contributed by atoms with Gasteiger partial charge in [0.25, 0.3) is 5.88 Å². The average Bonchev–Trinajstić information content (AvgIpc) is 2.48. The van der Waals surface area contributed by atoms with Gasteiger partial charge in [-0.25, -0.2) is 9.97 Å². The zero-order valence-corrected chi connectivity index (χ0v) is 13.2. The van der Waals surface area contributed by atoms with Crippen molar-refractivity contribution in [1.29, 1.82) is 0 Å². The molecule has 118 valence electrons. The van der Waals surface area contributed by atoms with E-state index in [1.165, 1.54) is 0 Å². The van der Waals surface area contributed by atoms with Crippen LogP contribution < -0.4 is 9.64 Å². The highest BCUT2D eigenvalue weighted by atomic mass is 16.5. The fourth-order valence-corrected chi connectivity index (χ4v) is 2.70. The van der Waals surface area contributed by atoms with E-state index in [2.05, 4.69) is 26.8 Å². The number of nitrogens with zero attached hydrogens (tertiary/aromatic N) is 4. The van der Waals surface area contributed by atoms with Crippen LogP contribution >= 0.6 is 0 Å². The van der Waals surface area contributed by atoms with Gasteiger partial charge in [-0.05, 0) is 33.7 Å². The summed E-state index contributed by atoms with van der Waals surface area (Å²) in [5.41, 5.74) is 0. The van der Waals surface area contributed by atoms with E-state index in [9.17, 15) is 0 Å². The Labute approximate surface area is 126 Å². The molecule has 1 fully saturated rings. The molecule has 0 unspecified atom stereocenters. The number of hydrogen-bond acceptors (Lipinski definition) is 6. The van der Waals surface area contributed by atoms with Crippen LogP contribution in [0.15, 0.2) is 12.4 Å². The van der Waals surface area contributed by atoms with Gasteiger partial charge in [-0.1, -0.05) is 0 Å². The second-order valence-electron chi connectivity index (χ2n) is 5.77. The van der Waals surface area contributed by atoms with E-state index in [0.717, 1.165) is 38.3 Å². The Morgan fingerprint density at radius 2 is 2.00 bits per heavy atom. The lowest BCUT2D eigenvalue weighted by molar-refractivity contribution is 0.161. The van der Waals surface area contributed by atoms with Crippen LogP contribution in [0.25, 0.3) is 0 Å². The zero-order valence-electron chi connectivity index (χ0n) is 13.2. The number of aromatic nitrogens is 2. The van der Waals surface area contributed by atoms with E-state index in [-0.39, 0.29) is 12.7 Å². The largest absolute Gasteiger partial charge is 0.472 e. The smallest absolute Gasteiger partial charge is 0.257 e. The van der Waals surface area contributed by atoms with Crippen molar-refractivity contribution in [3.63, 3.8) is 0 Å². The molecular weight excluding hydrogens is 268 g/mol. The number of anilines is 1. The molecule has 1 aliphatic rings. The Kier molecular flexibility index (Phi) is 5.76. The first-order valence-corrected chi connectivity index (χ1v) is 7.65. The predicted octanol–water partition coefficient (Wildman–Crippen LogP) is 1.16. The minimum Gasteiger partial charge on any atom is -0.472 e. The van der Waals surface area contributed by atoms with Crippen molar-refractivity contribution in [2.24, 2.45) is 0 Å². The maximum atomic E-state index is 9.03. The lowest BCUT2D eigenvalue weighted by atomic mass is 10.0. The van der Waals surface area contributed by atoms with Gasteiger partial charge in [0, 0.05) is 38.1 Å². The van der Waals surface area contributed by atoms with Crippen LogP contribution in [0, 0.1) is 0 Å². The summed E-state index contributed by atoms with van der Waals surface area (Å²) in [6, 6.07) is 0.527. The summed E-state index contributed by atoms with van der Waals surface area (Å²) in [6.45, 7) is 6.81. The SMILES string of the molecule is CC(C)Oc1nccnc1N1CCC(N(C)CCO)CC1. The Bertz CT molecular complexity index is 433. The molecule has 1 aromatic heterocycles. The number of rotatable bonds is 6. The van der Waals surface area contributed by atoms with E-state index in [4.69, 9.17) is 9.84 Å². The van der Waals surface area contributed by atoms with Gasteiger partial charge in [-0.3, -0.25) is 0 Å².